The molecule has 2 N–H and O–H groups in total. The van der Waals surface area contributed by atoms with Crippen LogP contribution in [0.4, 0.5) is 0 Å². The van der Waals surface area contributed by atoms with Gasteiger partial charge in [0.25, 0.3) is 0 Å². The Morgan fingerprint density at radius 3 is 2.31 bits per heavy atom. The molecule has 3 heterocycles. The SMILES string of the molecule is CC12C=CC3(O1)C(C(=O)N(C1CC1)C3C(=O)NC1CCCC1)C2C(=O)NC1CC1. The molecule has 5 unspecified atom stereocenters. The van der Waals surface area contributed by atoms with Gasteiger partial charge in [-0.25, -0.2) is 0 Å². The fourth-order valence-electron chi connectivity index (χ4n) is 6.18. The average molecular weight is 399 g/mol. The van der Waals surface area contributed by atoms with Crippen molar-refractivity contribution in [1.29, 1.82) is 0 Å². The Morgan fingerprint density at radius 1 is 1.00 bits per heavy atom. The fraction of sp³-hybridized carbons (Fsp3) is 0.773. The summed E-state index contributed by atoms with van der Waals surface area (Å²) in [4.78, 5) is 42.0. The van der Waals surface area contributed by atoms with E-state index in [2.05, 4.69) is 10.6 Å². The third kappa shape index (κ3) is 2.49. The molecule has 3 aliphatic carbocycles. The molecule has 6 aliphatic rings. The number of nitrogens with one attached hydrogen (secondary N) is 2. The van der Waals surface area contributed by atoms with Crippen LogP contribution in [0, 0.1) is 11.8 Å². The molecule has 2 bridgehead atoms. The molecular formula is C22H29N3O4. The van der Waals surface area contributed by atoms with Crippen molar-refractivity contribution >= 4 is 17.7 Å². The van der Waals surface area contributed by atoms with E-state index in [4.69, 9.17) is 4.74 Å². The molecule has 3 saturated carbocycles. The second-order valence-corrected chi connectivity index (χ2v) is 10.1. The number of nitrogens with zero attached hydrogens (tertiary/aromatic N) is 1. The Kier molecular flexibility index (Phi) is 3.61. The van der Waals surface area contributed by atoms with Gasteiger partial charge in [0, 0.05) is 18.1 Å². The summed E-state index contributed by atoms with van der Waals surface area (Å²) in [7, 11) is 0. The number of amides is 3. The van der Waals surface area contributed by atoms with Crippen LogP contribution < -0.4 is 10.6 Å². The summed E-state index contributed by atoms with van der Waals surface area (Å²) in [5.74, 6) is -1.49. The smallest absolute Gasteiger partial charge is 0.246 e. The quantitative estimate of drug-likeness (QED) is 0.676. The van der Waals surface area contributed by atoms with Gasteiger partial charge in [0.1, 0.15) is 11.6 Å². The van der Waals surface area contributed by atoms with E-state index >= 15 is 0 Å². The Labute approximate surface area is 170 Å². The van der Waals surface area contributed by atoms with Gasteiger partial charge in [0.05, 0.1) is 17.4 Å². The summed E-state index contributed by atoms with van der Waals surface area (Å²) < 4.78 is 6.49. The van der Waals surface area contributed by atoms with Crippen LogP contribution in [-0.4, -0.2) is 58.0 Å². The van der Waals surface area contributed by atoms with Gasteiger partial charge in [-0.2, -0.15) is 0 Å². The van der Waals surface area contributed by atoms with E-state index < -0.39 is 29.1 Å². The first-order chi connectivity index (χ1) is 13.9. The number of carbonyl (C=O) groups excluding carboxylic acids is 3. The van der Waals surface area contributed by atoms with E-state index in [1.54, 1.807) is 4.90 Å². The Morgan fingerprint density at radius 2 is 1.66 bits per heavy atom. The van der Waals surface area contributed by atoms with Crippen molar-refractivity contribution in [1.82, 2.24) is 15.5 Å². The zero-order valence-electron chi connectivity index (χ0n) is 16.9. The molecule has 5 fully saturated rings. The summed E-state index contributed by atoms with van der Waals surface area (Å²) in [5, 5.41) is 6.27. The molecule has 0 aromatic rings. The summed E-state index contributed by atoms with van der Waals surface area (Å²) in [6, 6.07) is -0.174. The van der Waals surface area contributed by atoms with Gasteiger partial charge in [-0.3, -0.25) is 14.4 Å². The average Bonchev–Trinajstić information content (AvgIpc) is 3.56. The van der Waals surface area contributed by atoms with Crippen molar-refractivity contribution < 1.29 is 19.1 Å². The number of rotatable bonds is 5. The van der Waals surface area contributed by atoms with Gasteiger partial charge in [0.2, 0.25) is 17.7 Å². The highest BCUT2D eigenvalue weighted by molar-refractivity contribution is 6.00. The molecule has 7 nitrogen and oxygen atoms in total. The van der Waals surface area contributed by atoms with E-state index in [1.165, 1.54) is 0 Å². The van der Waals surface area contributed by atoms with Crippen molar-refractivity contribution in [2.45, 2.75) is 93.7 Å². The van der Waals surface area contributed by atoms with Crippen molar-refractivity contribution in [3.05, 3.63) is 12.2 Å². The molecule has 2 saturated heterocycles. The second kappa shape index (κ2) is 5.84. The van der Waals surface area contributed by atoms with Gasteiger partial charge < -0.3 is 20.3 Å². The molecular weight excluding hydrogens is 370 g/mol. The highest BCUT2D eigenvalue weighted by Crippen LogP contribution is 2.61. The number of hydrogen-bond acceptors (Lipinski definition) is 4. The van der Waals surface area contributed by atoms with E-state index in [1.807, 2.05) is 19.1 Å². The Balaban J connectivity index is 1.36. The molecule has 0 aromatic carbocycles. The lowest BCUT2D eigenvalue weighted by atomic mass is 9.70. The molecule has 7 heteroatoms. The van der Waals surface area contributed by atoms with Crippen molar-refractivity contribution in [2.24, 2.45) is 11.8 Å². The molecule has 5 atom stereocenters. The molecule has 1 spiro atoms. The second-order valence-electron chi connectivity index (χ2n) is 10.1. The zero-order chi connectivity index (χ0) is 20.0. The first-order valence-corrected chi connectivity index (χ1v) is 11.3. The highest BCUT2D eigenvalue weighted by Gasteiger charge is 2.77. The Bertz CT molecular complexity index is 813. The van der Waals surface area contributed by atoms with Crippen molar-refractivity contribution in [3.63, 3.8) is 0 Å². The van der Waals surface area contributed by atoms with Gasteiger partial charge in [-0.1, -0.05) is 25.0 Å². The summed E-state index contributed by atoms with van der Waals surface area (Å²) in [6.45, 7) is 1.88. The third-order valence-electron chi connectivity index (χ3n) is 7.83. The van der Waals surface area contributed by atoms with E-state index in [9.17, 15) is 14.4 Å². The van der Waals surface area contributed by atoms with Gasteiger partial charge >= 0.3 is 0 Å². The normalized spacial score (nSPS) is 43.1. The van der Waals surface area contributed by atoms with Crippen molar-refractivity contribution in [3.8, 4) is 0 Å². The molecule has 3 amide bonds. The minimum atomic E-state index is -1.03. The molecule has 29 heavy (non-hydrogen) atoms. The standard InChI is InChI=1S/C22H29N3O4/c1-21-10-11-22(29-21)16(15(21)18(26)23-13-6-7-13)20(28)25(14-8-9-14)17(22)19(27)24-12-4-2-3-5-12/h10-17H,2-9H2,1H3,(H,23,26)(H,24,27). The lowest BCUT2D eigenvalue weighted by molar-refractivity contribution is -0.145. The molecule has 0 aromatic heterocycles. The summed E-state index contributed by atoms with van der Waals surface area (Å²) >= 11 is 0. The molecule has 156 valence electrons. The number of fused-ring (bicyclic) bond motifs is 1. The minimum absolute atomic E-state index is 0.0805. The maximum atomic E-state index is 13.6. The van der Waals surface area contributed by atoms with Crippen LogP contribution in [0.5, 0.6) is 0 Å². The van der Waals surface area contributed by atoms with Crippen LogP contribution >= 0.6 is 0 Å². The third-order valence-corrected chi connectivity index (χ3v) is 7.83. The lowest BCUT2D eigenvalue weighted by Gasteiger charge is -2.33. The van der Waals surface area contributed by atoms with Crippen LogP contribution in [-0.2, 0) is 19.1 Å². The van der Waals surface area contributed by atoms with E-state index in [0.29, 0.717) is 0 Å². The topological polar surface area (TPSA) is 87.7 Å². The van der Waals surface area contributed by atoms with E-state index in [-0.39, 0.29) is 35.8 Å². The van der Waals surface area contributed by atoms with Crippen molar-refractivity contribution in [2.75, 3.05) is 0 Å². The Hall–Kier alpha value is -1.89. The van der Waals surface area contributed by atoms with E-state index in [0.717, 1.165) is 51.4 Å². The van der Waals surface area contributed by atoms with Crippen LogP contribution in [0.2, 0.25) is 0 Å². The monoisotopic (exact) mass is 399 g/mol. The molecule has 6 rings (SSSR count). The number of hydrogen-bond donors (Lipinski definition) is 2. The van der Waals surface area contributed by atoms with Gasteiger partial charge in [-0.05, 0) is 45.4 Å². The summed E-state index contributed by atoms with van der Waals surface area (Å²) in [6.07, 6.45) is 11.9. The van der Waals surface area contributed by atoms with Crippen LogP contribution in [0.3, 0.4) is 0 Å². The first kappa shape index (κ1) is 17.9. The number of carbonyl (C=O) groups is 3. The summed E-state index contributed by atoms with van der Waals surface area (Å²) in [5.41, 5.74) is -1.86. The maximum Gasteiger partial charge on any atom is 0.246 e. The van der Waals surface area contributed by atoms with Gasteiger partial charge in [-0.15, -0.1) is 0 Å². The minimum Gasteiger partial charge on any atom is -0.356 e. The molecule has 0 radical (unpaired) electrons. The molecule has 3 aliphatic heterocycles. The predicted octanol–water partition coefficient (Wildman–Crippen LogP) is 1.03. The maximum absolute atomic E-state index is 13.6. The van der Waals surface area contributed by atoms with Crippen LogP contribution in [0.15, 0.2) is 12.2 Å². The fourth-order valence-corrected chi connectivity index (χ4v) is 6.18. The number of likely N-dealkylation sites (tertiary alicyclic amines) is 1. The first-order valence-electron chi connectivity index (χ1n) is 11.3. The largest absolute Gasteiger partial charge is 0.356 e. The predicted molar refractivity (Wildman–Crippen MR) is 104 cm³/mol. The highest BCUT2D eigenvalue weighted by atomic mass is 16.5. The van der Waals surface area contributed by atoms with Crippen LogP contribution in [0.25, 0.3) is 0 Å². The number of ether oxygens (including phenoxy) is 1. The van der Waals surface area contributed by atoms with Crippen LogP contribution in [0.1, 0.15) is 58.3 Å². The lowest BCUT2D eigenvalue weighted by Crippen LogP contribution is -2.56. The van der Waals surface area contributed by atoms with Gasteiger partial charge in [0.15, 0.2) is 0 Å². The zero-order valence-corrected chi connectivity index (χ0v) is 16.9.